The van der Waals surface area contributed by atoms with Gasteiger partial charge in [-0.2, -0.15) is 0 Å². The summed E-state index contributed by atoms with van der Waals surface area (Å²) in [5.74, 6) is 0. The van der Waals surface area contributed by atoms with E-state index in [-0.39, 0.29) is 0 Å². The molecule has 4 heteroatoms. The summed E-state index contributed by atoms with van der Waals surface area (Å²) >= 11 is 0. The molecule has 0 aliphatic heterocycles. The highest BCUT2D eigenvalue weighted by Gasteiger charge is 2.07. The van der Waals surface area contributed by atoms with E-state index in [0.717, 1.165) is 42.6 Å². The van der Waals surface area contributed by atoms with Gasteiger partial charge in [-0.3, -0.25) is 5.32 Å². The molecule has 116 valence electrons. The Morgan fingerprint density at radius 2 is 1.77 bits per heavy atom. The van der Waals surface area contributed by atoms with Gasteiger partial charge >= 0.3 is 6.09 Å². The number of hydrogen-bond acceptors (Lipinski definition) is 2. The average Bonchev–Trinajstić information content (AvgIpc) is 2.53. The van der Waals surface area contributed by atoms with Crippen LogP contribution in [0.25, 0.3) is 11.1 Å². The average molecular weight is 298 g/mol. The molecule has 0 spiro atoms. The van der Waals surface area contributed by atoms with Crippen LogP contribution in [0.3, 0.4) is 0 Å². The summed E-state index contributed by atoms with van der Waals surface area (Å²) in [4.78, 5) is 10.9. The number of hydrogen-bond donors (Lipinski definition) is 3. The minimum Gasteiger partial charge on any atom is -0.465 e. The Morgan fingerprint density at radius 3 is 2.45 bits per heavy atom. The predicted octanol–water partition coefficient (Wildman–Crippen LogP) is 5.05. The minimum atomic E-state index is -1.05. The molecule has 0 bridgehead atoms. The van der Waals surface area contributed by atoms with Crippen molar-refractivity contribution in [1.29, 1.82) is 0 Å². The first-order valence-corrected chi connectivity index (χ1v) is 7.64. The van der Waals surface area contributed by atoms with Gasteiger partial charge in [0.15, 0.2) is 0 Å². The van der Waals surface area contributed by atoms with Crippen LogP contribution in [-0.2, 0) is 0 Å². The molecule has 0 saturated carbocycles. The Bertz CT molecular complexity index is 612. The molecule has 0 aromatic heterocycles. The van der Waals surface area contributed by atoms with Crippen LogP contribution >= 0.6 is 0 Å². The number of nitrogens with one attached hydrogen (secondary N) is 2. The fourth-order valence-electron chi connectivity index (χ4n) is 2.32. The van der Waals surface area contributed by atoms with Crippen LogP contribution in [-0.4, -0.2) is 17.7 Å². The quantitative estimate of drug-likeness (QED) is 0.627. The molecule has 4 nitrogen and oxygen atoms in total. The van der Waals surface area contributed by atoms with Gasteiger partial charge in [-0.1, -0.05) is 56.2 Å². The summed E-state index contributed by atoms with van der Waals surface area (Å²) in [5, 5.41) is 14.7. The Morgan fingerprint density at radius 1 is 1.00 bits per heavy atom. The van der Waals surface area contributed by atoms with Gasteiger partial charge in [0.2, 0.25) is 0 Å². The van der Waals surface area contributed by atoms with Gasteiger partial charge in [0.05, 0.1) is 11.4 Å². The molecule has 0 fully saturated rings. The van der Waals surface area contributed by atoms with Crippen molar-refractivity contribution in [1.82, 2.24) is 0 Å². The molecule has 0 atom stereocenters. The van der Waals surface area contributed by atoms with Crippen molar-refractivity contribution in [3.63, 3.8) is 0 Å². The van der Waals surface area contributed by atoms with Crippen molar-refractivity contribution in [3.05, 3.63) is 48.5 Å². The zero-order chi connectivity index (χ0) is 15.8. The van der Waals surface area contributed by atoms with Gasteiger partial charge in [0.1, 0.15) is 0 Å². The third kappa shape index (κ3) is 4.52. The van der Waals surface area contributed by atoms with Crippen molar-refractivity contribution in [3.8, 4) is 11.1 Å². The van der Waals surface area contributed by atoms with E-state index >= 15 is 0 Å². The molecule has 22 heavy (non-hydrogen) atoms. The van der Waals surface area contributed by atoms with E-state index in [1.165, 1.54) is 0 Å². The maximum absolute atomic E-state index is 10.9. The van der Waals surface area contributed by atoms with Crippen LogP contribution in [0.5, 0.6) is 0 Å². The molecule has 0 saturated heterocycles. The smallest absolute Gasteiger partial charge is 0.409 e. The normalized spacial score (nSPS) is 10.2. The van der Waals surface area contributed by atoms with Gasteiger partial charge in [0, 0.05) is 6.54 Å². The summed E-state index contributed by atoms with van der Waals surface area (Å²) in [5.41, 5.74) is 3.58. The number of amides is 1. The number of rotatable bonds is 7. The van der Waals surface area contributed by atoms with Crippen molar-refractivity contribution >= 4 is 17.5 Å². The topological polar surface area (TPSA) is 61.4 Å². The van der Waals surface area contributed by atoms with Crippen molar-refractivity contribution in [2.24, 2.45) is 0 Å². The Labute approximate surface area is 131 Å². The zero-order valence-corrected chi connectivity index (χ0v) is 12.8. The molecule has 0 radical (unpaired) electrons. The molecule has 2 aromatic rings. The molecule has 0 aliphatic rings. The summed E-state index contributed by atoms with van der Waals surface area (Å²) < 4.78 is 0. The maximum atomic E-state index is 10.9. The second-order valence-corrected chi connectivity index (χ2v) is 5.19. The lowest BCUT2D eigenvalue weighted by atomic mass is 10.0. The van der Waals surface area contributed by atoms with E-state index in [2.05, 4.69) is 17.6 Å². The van der Waals surface area contributed by atoms with Crippen molar-refractivity contribution in [2.45, 2.75) is 26.2 Å². The van der Waals surface area contributed by atoms with Gasteiger partial charge in [-0.25, -0.2) is 4.79 Å². The van der Waals surface area contributed by atoms with Gasteiger partial charge < -0.3 is 10.4 Å². The molecule has 0 unspecified atom stereocenters. The SMILES string of the molecule is CCCCCNc1cc(-c2ccccc2)ccc1NC(=O)O. The van der Waals surface area contributed by atoms with Gasteiger partial charge in [-0.05, 0) is 29.7 Å². The van der Waals surface area contributed by atoms with E-state index in [1.807, 2.05) is 42.5 Å². The minimum absolute atomic E-state index is 0.587. The second kappa shape index (κ2) is 8.08. The molecule has 1 amide bonds. The first-order chi connectivity index (χ1) is 10.7. The molecule has 0 aliphatic carbocycles. The second-order valence-electron chi connectivity index (χ2n) is 5.19. The number of carboxylic acid groups (broad SMARTS) is 1. The monoisotopic (exact) mass is 298 g/mol. The van der Waals surface area contributed by atoms with Crippen LogP contribution in [0.4, 0.5) is 16.2 Å². The number of carbonyl (C=O) groups is 1. The highest BCUT2D eigenvalue weighted by Crippen LogP contribution is 2.29. The summed E-state index contributed by atoms with van der Waals surface area (Å²) in [6.45, 7) is 2.99. The van der Waals surface area contributed by atoms with Crippen molar-refractivity contribution in [2.75, 3.05) is 17.2 Å². The number of unbranched alkanes of at least 4 members (excludes halogenated alkanes) is 2. The predicted molar refractivity (Wildman–Crippen MR) is 91.5 cm³/mol. The van der Waals surface area contributed by atoms with Crippen LogP contribution in [0.1, 0.15) is 26.2 Å². The van der Waals surface area contributed by atoms with E-state index in [0.29, 0.717) is 5.69 Å². The third-order valence-electron chi connectivity index (χ3n) is 3.46. The van der Waals surface area contributed by atoms with E-state index < -0.39 is 6.09 Å². The Hall–Kier alpha value is -2.49. The number of anilines is 2. The zero-order valence-electron chi connectivity index (χ0n) is 12.8. The molecule has 0 heterocycles. The van der Waals surface area contributed by atoms with Crippen LogP contribution < -0.4 is 10.6 Å². The van der Waals surface area contributed by atoms with Crippen LogP contribution in [0, 0.1) is 0 Å². The van der Waals surface area contributed by atoms with Crippen LogP contribution in [0.2, 0.25) is 0 Å². The summed E-state index contributed by atoms with van der Waals surface area (Å²) in [6, 6.07) is 15.8. The lowest BCUT2D eigenvalue weighted by Crippen LogP contribution is -2.11. The fourth-order valence-corrected chi connectivity index (χ4v) is 2.32. The third-order valence-corrected chi connectivity index (χ3v) is 3.46. The lowest BCUT2D eigenvalue weighted by molar-refractivity contribution is 0.210. The molecule has 2 rings (SSSR count). The summed E-state index contributed by atoms with van der Waals surface area (Å²) in [7, 11) is 0. The van der Waals surface area contributed by atoms with E-state index in [9.17, 15) is 4.79 Å². The largest absolute Gasteiger partial charge is 0.465 e. The van der Waals surface area contributed by atoms with Gasteiger partial charge in [-0.15, -0.1) is 0 Å². The number of benzene rings is 2. The maximum Gasteiger partial charge on any atom is 0.409 e. The summed E-state index contributed by atoms with van der Waals surface area (Å²) in [6.07, 6.45) is 2.33. The van der Waals surface area contributed by atoms with E-state index in [1.54, 1.807) is 6.07 Å². The highest BCUT2D eigenvalue weighted by atomic mass is 16.4. The molecule has 2 aromatic carbocycles. The Kier molecular flexibility index (Phi) is 5.83. The standard InChI is InChI=1S/C18H22N2O2/c1-2-3-7-12-19-17-13-15(14-8-5-4-6-9-14)10-11-16(17)20-18(21)22/h4-6,8-11,13,19-20H,2-3,7,12H2,1H3,(H,21,22). The molecular weight excluding hydrogens is 276 g/mol. The van der Waals surface area contributed by atoms with Gasteiger partial charge in [0.25, 0.3) is 0 Å². The molecule has 3 N–H and O–H groups in total. The first-order valence-electron chi connectivity index (χ1n) is 7.64. The first kappa shape index (κ1) is 15.9. The fraction of sp³-hybridized carbons (Fsp3) is 0.278. The highest BCUT2D eigenvalue weighted by molar-refractivity contribution is 5.89. The Balaban J connectivity index is 2.22. The van der Waals surface area contributed by atoms with Crippen LogP contribution in [0.15, 0.2) is 48.5 Å². The van der Waals surface area contributed by atoms with E-state index in [4.69, 9.17) is 5.11 Å². The van der Waals surface area contributed by atoms with Crippen molar-refractivity contribution < 1.29 is 9.90 Å². The molecular formula is C18H22N2O2. The lowest BCUT2D eigenvalue weighted by Gasteiger charge is -2.14.